The maximum absolute atomic E-state index is 12.7. The summed E-state index contributed by atoms with van der Waals surface area (Å²) in [7, 11) is 0. The molecule has 0 bridgehead atoms. The van der Waals surface area contributed by atoms with Crippen LogP contribution < -0.4 is 10.6 Å². The molecule has 0 aliphatic carbocycles. The van der Waals surface area contributed by atoms with Gasteiger partial charge in [-0.3, -0.25) is 4.79 Å². The Hall–Kier alpha value is -2.85. The highest BCUT2D eigenvalue weighted by atomic mass is 16.4. The molecule has 0 spiro atoms. The third kappa shape index (κ3) is 3.99. The number of rotatable bonds is 2. The van der Waals surface area contributed by atoms with Gasteiger partial charge in [-0.05, 0) is 55.1 Å². The van der Waals surface area contributed by atoms with Crippen molar-refractivity contribution in [3.8, 4) is 11.3 Å². The highest BCUT2D eigenvalue weighted by Gasteiger charge is 2.25. The Kier molecular flexibility index (Phi) is 5.81. The molecule has 2 aliphatic rings. The molecule has 150 valence electrons. The highest BCUT2D eigenvalue weighted by molar-refractivity contribution is 6.05. The molecule has 3 heterocycles. The lowest BCUT2D eigenvalue weighted by Crippen LogP contribution is -2.26. The van der Waals surface area contributed by atoms with Crippen LogP contribution in [0.4, 0.5) is 5.69 Å². The van der Waals surface area contributed by atoms with E-state index in [-0.39, 0.29) is 5.91 Å². The van der Waals surface area contributed by atoms with Gasteiger partial charge in [0.25, 0.3) is 5.91 Å². The summed E-state index contributed by atoms with van der Waals surface area (Å²) >= 11 is 0. The van der Waals surface area contributed by atoms with Crippen molar-refractivity contribution in [2.75, 3.05) is 18.4 Å². The van der Waals surface area contributed by atoms with Crippen LogP contribution in [-0.4, -0.2) is 19.0 Å². The van der Waals surface area contributed by atoms with Crippen LogP contribution in [0, 0.1) is 0 Å². The van der Waals surface area contributed by atoms with Gasteiger partial charge in [0.15, 0.2) is 5.76 Å². The summed E-state index contributed by atoms with van der Waals surface area (Å²) in [4.78, 5) is 12.7. The van der Waals surface area contributed by atoms with Crippen LogP contribution >= 0.6 is 0 Å². The van der Waals surface area contributed by atoms with Gasteiger partial charge in [0.2, 0.25) is 0 Å². The number of hydrogen-bond acceptors (Lipinski definition) is 3. The summed E-state index contributed by atoms with van der Waals surface area (Å²) in [5.41, 5.74) is 5.37. The van der Waals surface area contributed by atoms with Crippen molar-refractivity contribution in [1.29, 1.82) is 0 Å². The van der Waals surface area contributed by atoms with Gasteiger partial charge in [0.05, 0.1) is 0 Å². The van der Waals surface area contributed by atoms with Crippen LogP contribution in [-0.2, 0) is 6.42 Å². The van der Waals surface area contributed by atoms with E-state index in [1.54, 1.807) is 0 Å². The summed E-state index contributed by atoms with van der Waals surface area (Å²) in [5, 5.41) is 6.45. The molecule has 4 nitrogen and oxygen atoms in total. The number of piperidine rings is 1. The van der Waals surface area contributed by atoms with Crippen LogP contribution in [0.1, 0.15) is 59.9 Å². The normalized spacial score (nSPS) is 16.0. The number of benzene rings is 2. The zero-order valence-corrected chi connectivity index (χ0v) is 17.1. The first-order valence-electron chi connectivity index (χ1n) is 10.6. The first-order chi connectivity index (χ1) is 14.3. The fourth-order valence-corrected chi connectivity index (χ4v) is 4.17. The maximum Gasteiger partial charge on any atom is 0.291 e. The minimum Gasteiger partial charge on any atom is -0.451 e. The molecular formula is C25H28N2O2. The molecule has 29 heavy (non-hydrogen) atoms. The molecule has 0 unspecified atom stereocenters. The summed E-state index contributed by atoms with van der Waals surface area (Å²) in [5.74, 6) is 1.60. The zero-order valence-electron chi connectivity index (χ0n) is 17.1. The smallest absolute Gasteiger partial charge is 0.291 e. The van der Waals surface area contributed by atoms with E-state index in [1.165, 1.54) is 24.0 Å². The van der Waals surface area contributed by atoms with Gasteiger partial charge in [-0.1, -0.05) is 56.3 Å². The van der Waals surface area contributed by atoms with Gasteiger partial charge in [0, 0.05) is 23.2 Å². The highest BCUT2D eigenvalue weighted by Crippen LogP contribution is 2.35. The fraction of sp³-hybridized carbons (Fsp3) is 0.320. The lowest BCUT2D eigenvalue weighted by Gasteiger charge is -2.24. The standard InChI is InChI=1S/C23H22N2O2.C2H6/c26-23-22-19(14-21(27-22)16-4-2-1-3-5-16)13-18-12-17(6-7-20(18)25-23)15-8-10-24-11-9-15;1-2/h1-7,12,14-15,24H,8-11,13H2,(H,25,26);1-2H3. The average Bonchev–Trinajstić information content (AvgIpc) is 3.16. The number of nitrogens with one attached hydrogen (secondary N) is 2. The molecule has 5 rings (SSSR count). The molecule has 4 heteroatoms. The fourth-order valence-electron chi connectivity index (χ4n) is 4.17. The molecule has 2 aliphatic heterocycles. The van der Waals surface area contributed by atoms with E-state index in [1.807, 2.05) is 50.2 Å². The molecule has 1 saturated heterocycles. The predicted octanol–water partition coefficient (Wildman–Crippen LogP) is 5.60. The summed E-state index contributed by atoms with van der Waals surface area (Å²) in [6.45, 7) is 6.15. The van der Waals surface area contributed by atoms with Crippen molar-refractivity contribution in [1.82, 2.24) is 5.32 Å². The van der Waals surface area contributed by atoms with E-state index >= 15 is 0 Å². The molecule has 0 saturated carbocycles. The molecule has 2 N–H and O–H groups in total. The largest absolute Gasteiger partial charge is 0.451 e. The van der Waals surface area contributed by atoms with Crippen molar-refractivity contribution >= 4 is 11.6 Å². The number of carbonyl (C=O) groups excluding carboxylic acids is 1. The maximum atomic E-state index is 12.7. The van der Waals surface area contributed by atoms with Crippen molar-refractivity contribution in [3.05, 3.63) is 77.0 Å². The lowest BCUT2D eigenvalue weighted by molar-refractivity contribution is 0.0997. The van der Waals surface area contributed by atoms with Gasteiger partial charge < -0.3 is 15.1 Å². The molecule has 3 aromatic rings. The number of furan rings is 1. The summed E-state index contributed by atoms with van der Waals surface area (Å²) in [6, 6.07) is 18.4. The molecule has 1 aromatic heterocycles. The molecule has 1 fully saturated rings. The number of carbonyl (C=O) groups is 1. The lowest BCUT2D eigenvalue weighted by atomic mass is 9.88. The second-order valence-corrected chi connectivity index (χ2v) is 7.40. The van der Waals surface area contributed by atoms with Crippen molar-refractivity contribution in [2.24, 2.45) is 0 Å². The van der Waals surface area contributed by atoms with Gasteiger partial charge in [0.1, 0.15) is 5.76 Å². The van der Waals surface area contributed by atoms with E-state index < -0.39 is 0 Å². The first kappa shape index (κ1) is 19.5. The van der Waals surface area contributed by atoms with Gasteiger partial charge in [-0.15, -0.1) is 0 Å². The molecule has 1 amide bonds. The van der Waals surface area contributed by atoms with Crippen molar-refractivity contribution in [3.63, 3.8) is 0 Å². The average molecular weight is 389 g/mol. The van der Waals surface area contributed by atoms with Gasteiger partial charge in [-0.2, -0.15) is 0 Å². The Balaban J connectivity index is 0.000000994. The summed E-state index contributed by atoms with van der Waals surface area (Å²) < 4.78 is 5.94. The molecule has 0 atom stereocenters. The van der Waals surface area contributed by atoms with Crippen LogP contribution in [0.5, 0.6) is 0 Å². The SMILES string of the molecule is CC.O=C1Nc2ccc(C3CCNCC3)cc2Cc2cc(-c3ccccc3)oc21. The molecule has 0 radical (unpaired) electrons. The Morgan fingerprint density at radius 1 is 0.931 bits per heavy atom. The van der Waals surface area contributed by atoms with E-state index in [9.17, 15) is 4.79 Å². The second-order valence-electron chi connectivity index (χ2n) is 7.40. The van der Waals surface area contributed by atoms with Crippen LogP contribution in [0.3, 0.4) is 0 Å². The van der Waals surface area contributed by atoms with Gasteiger partial charge >= 0.3 is 0 Å². The van der Waals surface area contributed by atoms with Crippen LogP contribution in [0.2, 0.25) is 0 Å². The minimum atomic E-state index is -0.166. The van der Waals surface area contributed by atoms with Gasteiger partial charge in [-0.25, -0.2) is 0 Å². The Labute approximate surface area is 172 Å². The zero-order chi connectivity index (χ0) is 20.2. The Bertz CT molecular complexity index is 985. The third-order valence-electron chi connectivity index (χ3n) is 5.64. The molecule has 2 aromatic carbocycles. The van der Waals surface area contributed by atoms with Crippen molar-refractivity contribution in [2.45, 2.75) is 39.0 Å². The number of fused-ring (bicyclic) bond motifs is 2. The summed E-state index contributed by atoms with van der Waals surface area (Å²) in [6.07, 6.45) is 3.04. The van der Waals surface area contributed by atoms with E-state index in [0.717, 1.165) is 35.7 Å². The van der Waals surface area contributed by atoms with E-state index in [0.29, 0.717) is 18.1 Å². The molecular weight excluding hydrogens is 360 g/mol. The second kappa shape index (κ2) is 8.66. The topological polar surface area (TPSA) is 54.3 Å². The predicted molar refractivity (Wildman–Crippen MR) is 118 cm³/mol. The van der Waals surface area contributed by atoms with Crippen molar-refractivity contribution < 1.29 is 9.21 Å². The van der Waals surface area contributed by atoms with E-state index in [2.05, 4.69) is 28.8 Å². The Morgan fingerprint density at radius 3 is 2.45 bits per heavy atom. The number of amides is 1. The monoisotopic (exact) mass is 388 g/mol. The minimum absolute atomic E-state index is 0.166. The van der Waals surface area contributed by atoms with E-state index in [4.69, 9.17) is 4.42 Å². The van der Waals surface area contributed by atoms with Crippen LogP contribution in [0.15, 0.2) is 59.0 Å². The first-order valence-corrected chi connectivity index (χ1v) is 10.6. The quantitative estimate of drug-likeness (QED) is 0.601. The van der Waals surface area contributed by atoms with Crippen LogP contribution in [0.25, 0.3) is 11.3 Å². The Morgan fingerprint density at radius 2 is 1.69 bits per heavy atom. The third-order valence-corrected chi connectivity index (χ3v) is 5.64. The number of anilines is 1. The number of hydrogen-bond donors (Lipinski definition) is 2.